The van der Waals surface area contributed by atoms with Crippen LogP contribution in [0.1, 0.15) is 71.6 Å². The van der Waals surface area contributed by atoms with Crippen LogP contribution in [0.3, 0.4) is 0 Å². The molecular formula is C17H31N3. The Kier molecular flexibility index (Phi) is 5.86. The molecule has 0 aliphatic heterocycles. The minimum absolute atomic E-state index is 0.300. The first-order valence-electron chi connectivity index (χ1n) is 8.60. The van der Waals surface area contributed by atoms with Gasteiger partial charge >= 0.3 is 0 Å². The third-order valence-corrected chi connectivity index (χ3v) is 4.97. The van der Waals surface area contributed by atoms with Crippen molar-refractivity contribution in [2.45, 2.75) is 89.3 Å². The number of hydrogen-bond acceptors (Lipinski definition) is 3. The van der Waals surface area contributed by atoms with E-state index in [1.807, 2.05) is 0 Å². The zero-order chi connectivity index (χ0) is 14.4. The van der Waals surface area contributed by atoms with Crippen LogP contribution in [0, 0.1) is 11.3 Å². The molecule has 2 saturated carbocycles. The first kappa shape index (κ1) is 15.8. The average Bonchev–Trinajstić information content (AvgIpc) is 3.09. The number of nitrogens with zero attached hydrogens (tertiary/aromatic N) is 2. The zero-order valence-electron chi connectivity index (χ0n) is 13.3. The fraction of sp³-hybridized carbons (Fsp3) is 0.941. The molecular weight excluding hydrogens is 246 g/mol. The number of unbranched alkanes of at least 4 members (excludes halogenated alkanes) is 1. The number of rotatable bonds is 9. The summed E-state index contributed by atoms with van der Waals surface area (Å²) in [4.78, 5) is 2.66. The summed E-state index contributed by atoms with van der Waals surface area (Å²) in [6, 6.07) is 3.94. The molecule has 2 rings (SSSR count). The molecule has 0 aromatic rings. The second kappa shape index (κ2) is 7.43. The lowest BCUT2D eigenvalue weighted by Crippen LogP contribution is -2.42. The van der Waals surface area contributed by atoms with E-state index in [1.54, 1.807) is 0 Å². The SMILES string of the molecule is CCN(CCCCC(C)(C#N)NC1CC1)C1CCCC1. The summed E-state index contributed by atoms with van der Waals surface area (Å²) in [7, 11) is 0. The van der Waals surface area contributed by atoms with Crippen molar-refractivity contribution in [2.24, 2.45) is 0 Å². The van der Waals surface area contributed by atoms with E-state index >= 15 is 0 Å². The maximum absolute atomic E-state index is 9.37. The minimum atomic E-state index is -0.300. The molecule has 0 heterocycles. The number of hydrogen-bond donors (Lipinski definition) is 1. The third-order valence-electron chi connectivity index (χ3n) is 4.97. The minimum Gasteiger partial charge on any atom is -0.301 e. The van der Waals surface area contributed by atoms with Gasteiger partial charge in [0.25, 0.3) is 0 Å². The molecule has 0 bridgehead atoms. The van der Waals surface area contributed by atoms with Crippen LogP contribution in [-0.4, -0.2) is 35.6 Å². The smallest absolute Gasteiger partial charge is 0.104 e. The van der Waals surface area contributed by atoms with Gasteiger partial charge in [0.1, 0.15) is 5.54 Å². The summed E-state index contributed by atoms with van der Waals surface area (Å²) in [5, 5.41) is 12.9. The molecule has 0 saturated heterocycles. The molecule has 114 valence electrons. The summed E-state index contributed by atoms with van der Waals surface area (Å²) >= 11 is 0. The molecule has 2 aliphatic carbocycles. The first-order valence-corrected chi connectivity index (χ1v) is 8.60. The van der Waals surface area contributed by atoms with Crippen molar-refractivity contribution in [2.75, 3.05) is 13.1 Å². The predicted molar refractivity (Wildman–Crippen MR) is 83.5 cm³/mol. The summed E-state index contributed by atoms with van der Waals surface area (Å²) in [6.45, 7) is 6.75. The van der Waals surface area contributed by atoms with E-state index in [2.05, 4.69) is 30.1 Å². The van der Waals surface area contributed by atoms with Crippen LogP contribution in [-0.2, 0) is 0 Å². The van der Waals surface area contributed by atoms with Crippen molar-refractivity contribution >= 4 is 0 Å². The largest absolute Gasteiger partial charge is 0.301 e. The summed E-state index contributed by atoms with van der Waals surface area (Å²) in [6.07, 6.45) is 11.5. The van der Waals surface area contributed by atoms with Gasteiger partial charge in [0, 0.05) is 12.1 Å². The molecule has 0 aromatic heterocycles. The van der Waals surface area contributed by atoms with Gasteiger partial charge in [0.15, 0.2) is 0 Å². The van der Waals surface area contributed by atoms with Gasteiger partial charge in [0.05, 0.1) is 6.07 Å². The zero-order valence-corrected chi connectivity index (χ0v) is 13.3. The van der Waals surface area contributed by atoms with Gasteiger partial charge in [-0.3, -0.25) is 5.32 Å². The summed E-state index contributed by atoms with van der Waals surface area (Å²) in [5.74, 6) is 0. The molecule has 3 heteroatoms. The maximum Gasteiger partial charge on any atom is 0.104 e. The Morgan fingerprint density at radius 2 is 1.90 bits per heavy atom. The van der Waals surface area contributed by atoms with Gasteiger partial charge < -0.3 is 4.90 Å². The van der Waals surface area contributed by atoms with Crippen LogP contribution >= 0.6 is 0 Å². The Balaban J connectivity index is 1.65. The highest BCUT2D eigenvalue weighted by atomic mass is 15.1. The van der Waals surface area contributed by atoms with Crippen LogP contribution in [0.15, 0.2) is 0 Å². The van der Waals surface area contributed by atoms with Crippen LogP contribution in [0.2, 0.25) is 0 Å². The normalized spacial score (nSPS) is 22.9. The van der Waals surface area contributed by atoms with E-state index in [0.29, 0.717) is 6.04 Å². The average molecular weight is 277 g/mol. The lowest BCUT2D eigenvalue weighted by molar-refractivity contribution is 0.202. The van der Waals surface area contributed by atoms with Crippen LogP contribution < -0.4 is 5.32 Å². The van der Waals surface area contributed by atoms with E-state index in [1.165, 1.54) is 58.0 Å². The second-order valence-electron chi connectivity index (χ2n) is 6.89. The number of nitriles is 1. The molecule has 0 spiro atoms. The Morgan fingerprint density at radius 1 is 1.20 bits per heavy atom. The summed E-state index contributed by atoms with van der Waals surface area (Å²) in [5.41, 5.74) is -0.300. The standard InChI is InChI=1S/C17H31N3/c1-3-20(16-8-4-5-9-16)13-7-6-12-17(2,14-18)19-15-10-11-15/h15-16,19H,3-13H2,1-2H3. The first-order chi connectivity index (χ1) is 9.67. The van der Waals surface area contributed by atoms with E-state index in [0.717, 1.165) is 18.9 Å². The Hall–Kier alpha value is -0.590. The predicted octanol–water partition coefficient (Wildman–Crippen LogP) is 3.46. The lowest BCUT2D eigenvalue weighted by Gasteiger charge is -2.28. The molecule has 0 amide bonds. The maximum atomic E-state index is 9.37. The summed E-state index contributed by atoms with van der Waals surface area (Å²) < 4.78 is 0. The highest BCUT2D eigenvalue weighted by molar-refractivity contribution is 5.06. The Labute approximate surface area is 124 Å². The van der Waals surface area contributed by atoms with Crippen molar-refractivity contribution in [1.29, 1.82) is 5.26 Å². The van der Waals surface area contributed by atoms with Gasteiger partial charge in [-0.15, -0.1) is 0 Å². The van der Waals surface area contributed by atoms with E-state index in [9.17, 15) is 5.26 Å². The van der Waals surface area contributed by atoms with Crippen molar-refractivity contribution in [1.82, 2.24) is 10.2 Å². The fourth-order valence-electron chi connectivity index (χ4n) is 3.50. The molecule has 1 N–H and O–H groups in total. The van der Waals surface area contributed by atoms with Crippen LogP contribution in [0.5, 0.6) is 0 Å². The van der Waals surface area contributed by atoms with Gasteiger partial charge in [-0.2, -0.15) is 5.26 Å². The van der Waals surface area contributed by atoms with Gasteiger partial charge in [-0.05, 0) is 65.0 Å². The fourth-order valence-corrected chi connectivity index (χ4v) is 3.50. The molecule has 1 atom stereocenters. The molecule has 2 fully saturated rings. The van der Waals surface area contributed by atoms with Gasteiger partial charge in [-0.1, -0.05) is 19.8 Å². The van der Waals surface area contributed by atoms with Crippen molar-refractivity contribution in [3.63, 3.8) is 0 Å². The van der Waals surface area contributed by atoms with Crippen LogP contribution in [0.4, 0.5) is 0 Å². The topological polar surface area (TPSA) is 39.1 Å². The van der Waals surface area contributed by atoms with Gasteiger partial charge in [-0.25, -0.2) is 0 Å². The monoisotopic (exact) mass is 277 g/mol. The number of nitrogens with one attached hydrogen (secondary N) is 1. The molecule has 0 radical (unpaired) electrons. The van der Waals surface area contributed by atoms with Crippen molar-refractivity contribution < 1.29 is 0 Å². The van der Waals surface area contributed by atoms with E-state index in [-0.39, 0.29) is 5.54 Å². The highest BCUT2D eigenvalue weighted by Crippen LogP contribution is 2.26. The Bertz CT molecular complexity index is 326. The van der Waals surface area contributed by atoms with Crippen molar-refractivity contribution in [3.8, 4) is 6.07 Å². The molecule has 0 aromatic carbocycles. The molecule has 3 nitrogen and oxygen atoms in total. The molecule has 2 aliphatic rings. The molecule has 1 unspecified atom stereocenters. The van der Waals surface area contributed by atoms with Crippen LogP contribution in [0.25, 0.3) is 0 Å². The highest BCUT2D eigenvalue weighted by Gasteiger charge is 2.32. The van der Waals surface area contributed by atoms with Gasteiger partial charge in [0.2, 0.25) is 0 Å². The Morgan fingerprint density at radius 3 is 2.45 bits per heavy atom. The molecule has 20 heavy (non-hydrogen) atoms. The lowest BCUT2D eigenvalue weighted by atomic mass is 9.96. The second-order valence-corrected chi connectivity index (χ2v) is 6.89. The van der Waals surface area contributed by atoms with Crippen molar-refractivity contribution in [3.05, 3.63) is 0 Å². The van der Waals surface area contributed by atoms with E-state index in [4.69, 9.17) is 0 Å². The third kappa shape index (κ3) is 4.75. The van der Waals surface area contributed by atoms with E-state index < -0.39 is 0 Å². The quantitative estimate of drug-likeness (QED) is 0.656.